The molecule has 2 N–H and O–H groups in total. The van der Waals surface area contributed by atoms with Crippen molar-refractivity contribution < 1.29 is 24.5 Å². The average Bonchev–Trinajstić information content (AvgIpc) is 2.54. The third kappa shape index (κ3) is 4.89. The van der Waals surface area contributed by atoms with Crippen LogP contribution in [0, 0.1) is 0 Å². The zero-order chi connectivity index (χ0) is 18.6. The van der Waals surface area contributed by atoms with Crippen LogP contribution in [-0.2, 0) is 9.53 Å². The van der Waals surface area contributed by atoms with Crippen LogP contribution >= 0.6 is 0 Å². The molecule has 0 atom stereocenters. The third-order valence-corrected chi connectivity index (χ3v) is 3.83. The number of aliphatic carboxylic acids is 1. The number of amides is 1. The first-order valence-corrected chi connectivity index (χ1v) is 8.12. The summed E-state index contributed by atoms with van der Waals surface area (Å²) in [5.74, 6) is -1.18. The largest absolute Gasteiger partial charge is 0.515 e. The van der Waals surface area contributed by atoms with E-state index in [2.05, 4.69) is 4.90 Å². The minimum atomic E-state index is -1.18. The number of benzene rings is 1. The Morgan fingerprint density at radius 2 is 1.64 bits per heavy atom. The number of aliphatic hydroxyl groups is 1. The van der Waals surface area contributed by atoms with Crippen molar-refractivity contribution in [2.24, 2.45) is 0 Å². The molecule has 1 aliphatic rings. The standard InChI is InChI=1S/C18H24N2O5/c1-18(2,3)25-17(24)20-10-8-19(9-11-20)14-6-4-13(5-7-14)15(12-21)16(22)23/h4-7,12,21H,8-11H2,1-3H3,(H,22,23). The minimum Gasteiger partial charge on any atom is -0.515 e. The monoisotopic (exact) mass is 348 g/mol. The number of aliphatic hydroxyl groups excluding tert-OH is 1. The van der Waals surface area contributed by atoms with Crippen LogP contribution in [0.4, 0.5) is 10.5 Å². The summed E-state index contributed by atoms with van der Waals surface area (Å²) in [4.78, 5) is 26.9. The molecule has 0 aromatic heterocycles. The molecule has 1 aliphatic heterocycles. The van der Waals surface area contributed by atoms with Crippen molar-refractivity contribution in [2.75, 3.05) is 31.1 Å². The number of hydrogen-bond acceptors (Lipinski definition) is 5. The summed E-state index contributed by atoms with van der Waals surface area (Å²) in [6.07, 6.45) is 0.290. The molecule has 1 amide bonds. The Hall–Kier alpha value is -2.70. The van der Waals surface area contributed by atoms with E-state index in [-0.39, 0.29) is 11.7 Å². The first-order chi connectivity index (χ1) is 11.7. The molecule has 1 saturated heterocycles. The molecule has 0 unspecified atom stereocenters. The Morgan fingerprint density at radius 3 is 2.08 bits per heavy atom. The number of carboxylic acid groups (broad SMARTS) is 1. The predicted octanol–water partition coefficient (Wildman–Crippen LogP) is 2.73. The molecule has 7 heteroatoms. The number of hydrogen-bond donors (Lipinski definition) is 2. The van der Waals surface area contributed by atoms with Gasteiger partial charge in [-0.15, -0.1) is 0 Å². The lowest BCUT2D eigenvalue weighted by Gasteiger charge is -2.36. The predicted molar refractivity (Wildman–Crippen MR) is 94.7 cm³/mol. The fourth-order valence-corrected chi connectivity index (χ4v) is 2.58. The number of carbonyl (C=O) groups excluding carboxylic acids is 1. The summed E-state index contributed by atoms with van der Waals surface area (Å²) in [5.41, 5.74) is 0.717. The van der Waals surface area contributed by atoms with E-state index in [9.17, 15) is 9.59 Å². The molecule has 0 radical (unpaired) electrons. The Labute approximate surface area is 147 Å². The van der Waals surface area contributed by atoms with Gasteiger partial charge in [-0.25, -0.2) is 9.59 Å². The maximum absolute atomic E-state index is 12.1. The van der Waals surface area contributed by atoms with Gasteiger partial charge >= 0.3 is 12.1 Å². The topological polar surface area (TPSA) is 90.3 Å². The number of carbonyl (C=O) groups is 2. The Balaban J connectivity index is 1.97. The SMILES string of the molecule is CC(C)(C)OC(=O)N1CCN(c2ccc(C(=CO)C(=O)O)cc2)CC1. The first-order valence-electron chi connectivity index (χ1n) is 8.12. The molecule has 1 fully saturated rings. The number of carboxylic acids is 1. The van der Waals surface area contributed by atoms with Crippen LogP contribution in [0.3, 0.4) is 0 Å². The van der Waals surface area contributed by atoms with Crippen LogP contribution in [-0.4, -0.2) is 59.0 Å². The van der Waals surface area contributed by atoms with Crippen LogP contribution in [0.15, 0.2) is 30.5 Å². The van der Waals surface area contributed by atoms with Crippen molar-refractivity contribution in [3.63, 3.8) is 0 Å². The lowest BCUT2D eigenvalue weighted by atomic mass is 10.1. The maximum Gasteiger partial charge on any atom is 0.410 e. The highest BCUT2D eigenvalue weighted by atomic mass is 16.6. The van der Waals surface area contributed by atoms with Gasteiger partial charge in [0.1, 0.15) is 11.2 Å². The molecule has 1 aromatic rings. The number of rotatable bonds is 3. The highest BCUT2D eigenvalue weighted by Crippen LogP contribution is 2.22. The van der Waals surface area contributed by atoms with Crippen molar-refractivity contribution in [3.05, 3.63) is 36.1 Å². The van der Waals surface area contributed by atoms with E-state index >= 15 is 0 Å². The summed E-state index contributed by atoms with van der Waals surface area (Å²) in [6.45, 7) is 7.99. The minimum absolute atomic E-state index is 0.152. The molecule has 136 valence electrons. The summed E-state index contributed by atoms with van der Waals surface area (Å²) >= 11 is 0. The van der Waals surface area contributed by atoms with E-state index in [1.807, 2.05) is 32.9 Å². The third-order valence-electron chi connectivity index (χ3n) is 3.83. The summed E-state index contributed by atoms with van der Waals surface area (Å²) in [5, 5.41) is 18.0. The molecule has 0 spiro atoms. The summed E-state index contributed by atoms with van der Waals surface area (Å²) in [7, 11) is 0. The molecular weight excluding hydrogens is 324 g/mol. The van der Waals surface area contributed by atoms with Gasteiger partial charge in [-0.1, -0.05) is 12.1 Å². The van der Waals surface area contributed by atoms with Gasteiger partial charge in [-0.3, -0.25) is 0 Å². The Kier molecular flexibility index (Phi) is 5.56. The van der Waals surface area contributed by atoms with Crippen LogP contribution < -0.4 is 4.90 Å². The normalized spacial score (nSPS) is 15.9. The molecule has 0 bridgehead atoms. The molecule has 1 heterocycles. The van der Waals surface area contributed by atoms with Gasteiger partial charge in [0.2, 0.25) is 0 Å². The van der Waals surface area contributed by atoms with Gasteiger partial charge in [0.15, 0.2) is 0 Å². The fraction of sp³-hybridized carbons (Fsp3) is 0.444. The van der Waals surface area contributed by atoms with Crippen LogP contribution in [0.5, 0.6) is 0 Å². The van der Waals surface area contributed by atoms with Gasteiger partial charge < -0.3 is 24.7 Å². The van der Waals surface area contributed by atoms with E-state index in [0.29, 0.717) is 38.0 Å². The maximum atomic E-state index is 12.1. The van der Waals surface area contributed by atoms with Gasteiger partial charge in [0, 0.05) is 31.9 Å². The summed E-state index contributed by atoms with van der Waals surface area (Å²) < 4.78 is 5.38. The quantitative estimate of drug-likeness (QED) is 0.645. The summed E-state index contributed by atoms with van der Waals surface area (Å²) in [6, 6.07) is 6.94. The number of anilines is 1. The van der Waals surface area contributed by atoms with E-state index in [0.717, 1.165) is 5.69 Å². The second kappa shape index (κ2) is 7.46. The zero-order valence-electron chi connectivity index (χ0n) is 14.7. The number of ether oxygens (including phenoxy) is 1. The molecular formula is C18H24N2O5. The fourth-order valence-electron chi connectivity index (χ4n) is 2.58. The van der Waals surface area contributed by atoms with Crippen LogP contribution in [0.1, 0.15) is 26.3 Å². The smallest absolute Gasteiger partial charge is 0.410 e. The van der Waals surface area contributed by atoms with Crippen molar-refractivity contribution in [1.82, 2.24) is 4.90 Å². The Bertz CT molecular complexity index is 653. The highest BCUT2D eigenvalue weighted by Gasteiger charge is 2.26. The van der Waals surface area contributed by atoms with Crippen molar-refractivity contribution in [3.8, 4) is 0 Å². The van der Waals surface area contributed by atoms with E-state index in [4.69, 9.17) is 14.9 Å². The lowest BCUT2D eigenvalue weighted by Crippen LogP contribution is -2.50. The van der Waals surface area contributed by atoms with Gasteiger partial charge in [-0.05, 0) is 38.5 Å². The second-order valence-corrected chi connectivity index (χ2v) is 6.85. The zero-order valence-corrected chi connectivity index (χ0v) is 14.7. The first kappa shape index (κ1) is 18.6. The van der Waals surface area contributed by atoms with E-state index in [1.165, 1.54) is 0 Å². The average molecular weight is 348 g/mol. The van der Waals surface area contributed by atoms with Gasteiger partial charge in [0.25, 0.3) is 0 Å². The van der Waals surface area contributed by atoms with Gasteiger partial charge in [0.05, 0.1) is 6.26 Å². The van der Waals surface area contributed by atoms with E-state index < -0.39 is 11.6 Å². The molecule has 2 rings (SSSR count). The van der Waals surface area contributed by atoms with Crippen LogP contribution in [0.25, 0.3) is 5.57 Å². The molecule has 25 heavy (non-hydrogen) atoms. The van der Waals surface area contributed by atoms with E-state index in [1.54, 1.807) is 17.0 Å². The lowest BCUT2D eigenvalue weighted by molar-refractivity contribution is -0.130. The van der Waals surface area contributed by atoms with Crippen molar-refractivity contribution >= 4 is 23.3 Å². The second-order valence-electron chi connectivity index (χ2n) is 6.85. The molecule has 0 aliphatic carbocycles. The molecule has 1 aromatic carbocycles. The van der Waals surface area contributed by atoms with Crippen molar-refractivity contribution in [1.29, 1.82) is 0 Å². The van der Waals surface area contributed by atoms with Crippen molar-refractivity contribution in [2.45, 2.75) is 26.4 Å². The number of nitrogens with zero attached hydrogens (tertiary/aromatic N) is 2. The Morgan fingerprint density at radius 1 is 1.08 bits per heavy atom. The highest BCUT2D eigenvalue weighted by molar-refractivity contribution is 6.15. The van der Waals surface area contributed by atoms with Gasteiger partial charge in [-0.2, -0.15) is 0 Å². The number of piperazine rings is 1. The van der Waals surface area contributed by atoms with Crippen LogP contribution in [0.2, 0.25) is 0 Å². The molecule has 0 saturated carbocycles. The molecule has 7 nitrogen and oxygen atoms in total.